The Balaban J connectivity index is 0.000000875. The number of aliphatic carboxylic acids is 1. The van der Waals surface area contributed by atoms with Gasteiger partial charge in [0.15, 0.2) is 0 Å². The molecule has 0 spiro atoms. The van der Waals surface area contributed by atoms with Gasteiger partial charge in [-0.05, 0) is 75.5 Å². The van der Waals surface area contributed by atoms with E-state index in [1.54, 1.807) is 12.1 Å². The van der Waals surface area contributed by atoms with Crippen molar-refractivity contribution < 1.29 is 19.5 Å². The van der Waals surface area contributed by atoms with Gasteiger partial charge in [0.05, 0.1) is 32.1 Å². The molecule has 0 heterocycles. The van der Waals surface area contributed by atoms with Crippen LogP contribution in [-0.2, 0) is 11.2 Å². The maximum atomic E-state index is 10.3. The Bertz CT molecular complexity index is 609. The van der Waals surface area contributed by atoms with Crippen LogP contribution in [0.3, 0.4) is 0 Å². The summed E-state index contributed by atoms with van der Waals surface area (Å²) in [6.07, 6.45) is 23.1. The van der Waals surface area contributed by atoms with E-state index >= 15 is 0 Å². The van der Waals surface area contributed by atoms with Gasteiger partial charge in [0, 0.05) is 6.04 Å². The first-order chi connectivity index (χ1) is 18.3. The Morgan fingerprint density at radius 1 is 0.684 bits per heavy atom. The number of nitrogens with two attached hydrogens (primary N) is 1. The molecule has 1 atom stereocenters. The molecule has 0 amide bonds. The van der Waals surface area contributed by atoms with Crippen LogP contribution >= 0.6 is 0 Å². The van der Waals surface area contributed by atoms with Crippen molar-refractivity contribution in [3.8, 4) is 5.75 Å². The number of phenolic OH excluding ortho intramolecular Hbond substituents is 1. The molecule has 0 aromatic heterocycles. The Morgan fingerprint density at radius 2 is 1.03 bits per heavy atom. The quantitative estimate of drug-likeness (QED) is 0.115. The molecule has 0 bridgehead atoms. The lowest BCUT2D eigenvalue weighted by atomic mass is 10.1. The third-order valence-electron chi connectivity index (χ3n) is 7.64. The van der Waals surface area contributed by atoms with Crippen LogP contribution in [0.5, 0.6) is 5.75 Å². The number of carbonyl (C=O) groups is 1. The van der Waals surface area contributed by atoms with Gasteiger partial charge in [-0.3, -0.25) is 0 Å². The van der Waals surface area contributed by atoms with Gasteiger partial charge in [-0.25, -0.2) is 0 Å². The zero-order chi connectivity index (χ0) is 28.5. The number of quaternary nitrogens is 1. The molecule has 0 saturated heterocycles. The van der Waals surface area contributed by atoms with E-state index in [1.807, 2.05) is 0 Å². The molecule has 1 aromatic rings. The molecular weight excluding hydrogens is 472 g/mol. The highest BCUT2D eigenvalue weighted by atomic mass is 16.4. The molecule has 1 unspecified atom stereocenters. The highest BCUT2D eigenvalue weighted by Crippen LogP contribution is 2.19. The number of aromatic hydroxyl groups is 1. The van der Waals surface area contributed by atoms with Crippen LogP contribution in [0.2, 0.25) is 0 Å². The molecule has 1 aromatic carbocycles. The molecule has 222 valence electrons. The summed E-state index contributed by atoms with van der Waals surface area (Å²) in [5, 5.41) is 19.2. The average molecular weight is 535 g/mol. The summed E-state index contributed by atoms with van der Waals surface area (Å²) < 4.78 is 1.46. The maximum absolute atomic E-state index is 10.3. The van der Waals surface area contributed by atoms with E-state index < -0.39 is 12.0 Å². The minimum Gasteiger partial charge on any atom is -0.548 e. The lowest BCUT2D eigenvalue weighted by Gasteiger charge is -2.39. The van der Waals surface area contributed by atoms with Crippen LogP contribution in [0, 0.1) is 0 Å². The lowest BCUT2D eigenvalue weighted by Crippen LogP contribution is -2.50. The third kappa shape index (κ3) is 19.5. The number of hydrogen-bond donors (Lipinski definition) is 2. The van der Waals surface area contributed by atoms with Gasteiger partial charge in [-0.1, -0.05) is 91.2 Å². The fourth-order valence-electron chi connectivity index (χ4n) is 5.14. The number of benzene rings is 1. The topological polar surface area (TPSA) is 86.4 Å². The van der Waals surface area contributed by atoms with Crippen molar-refractivity contribution in [2.75, 3.05) is 26.2 Å². The second-order valence-corrected chi connectivity index (χ2v) is 11.3. The van der Waals surface area contributed by atoms with Crippen molar-refractivity contribution >= 4 is 5.97 Å². The first kappa shape index (κ1) is 36.4. The largest absolute Gasteiger partial charge is 0.548 e. The number of unbranched alkanes of at least 4 members (excludes halogenated alkanes) is 12. The Hall–Kier alpha value is -1.59. The van der Waals surface area contributed by atoms with E-state index in [2.05, 4.69) is 27.7 Å². The molecule has 5 nitrogen and oxygen atoms in total. The van der Waals surface area contributed by atoms with E-state index in [0.29, 0.717) is 0 Å². The van der Waals surface area contributed by atoms with Crippen LogP contribution in [0.4, 0.5) is 0 Å². The number of carbonyl (C=O) groups excluding carboxylic acids is 1. The molecule has 0 aliphatic heterocycles. The average Bonchev–Trinajstić information content (AvgIpc) is 2.91. The zero-order valence-electron chi connectivity index (χ0n) is 25.5. The van der Waals surface area contributed by atoms with Crippen LogP contribution in [-0.4, -0.2) is 47.8 Å². The van der Waals surface area contributed by atoms with Gasteiger partial charge in [0.25, 0.3) is 0 Å². The van der Waals surface area contributed by atoms with Crippen molar-refractivity contribution in [3.05, 3.63) is 29.8 Å². The molecule has 1 rings (SSSR count). The van der Waals surface area contributed by atoms with Crippen LogP contribution in [0.1, 0.15) is 136 Å². The number of nitrogens with zero attached hydrogens (tertiary/aromatic N) is 1. The fourth-order valence-corrected chi connectivity index (χ4v) is 5.14. The number of carboxylic acid groups (broad SMARTS) is 1. The second-order valence-electron chi connectivity index (χ2n) is 11.3. The molecule has 0 aliphatic carbocycles. The van der Waals surface area contributed by atoms with Gasteiger partial charge >= 0.3 is 0 Å². The van der Waals surface area contributed by atoms with Gasteiger partial charge in [0.1, 0.15) is 5.75 Å². The number of phenols is 1. The summed E-state index contributed by atoms with van der Waals surface area (Å²) in [5.41, 5.74) is 6.02. The predicted octanol–water partition coefficient (Wildman–Crippen LogP) is 7.14. The van der Waals surface area contributed by atoms with Gasteiger partial charge in [-0.2, -0.15) is 0 Å². The first-order valence-corrected chi connectivity index (χ1v) is 15.9. The van der Waals surface area contributed by atoms with Crippen molar-refractivity contribution in [3.63, 3.8) is 0 Å². The van der Waals surface area contributed by atoms with E-state index in [-0.39, 0.29) is 12.2 Å². The lowest BCUT2D eigenvalue weighted by molar-refractivity contribution is -0.929. The number of carboxylic acids is 1. The summed E-state index contributed by atoms with van der Waals surface area (Å²) >= 11 is 0. The fraction of sp³-hybridized carbons (Fsp3) is 0.788. The van der Waals surface area contributed by atoms with Crippen molar-refractivity contribution in [1.29, 1.82) is 0 Å². The molecule has 0 radical (unpaired) electrons. The first-order valence-electron chi connectivity index (χ1n) is 15.9. The summed E-state index contributed by atoms with van der Waals surface area (Å²) in [6, 6.07) is 5.22. The minimum atomic E-state index is -1.27. The zero-order valence-corrected chi connectivity index (χ0v) is 25.5. The summed E-state index contributed by atoms with van der Waals surface area (Å²) in [5.74, 6) is -1.13. The molecule has 0 saturated carbocycles. The van der Waals surface area contributed by atoms with Crippen LogP contribution < -0.4 is 10.8 Å². The van der Waals surface area contributed by atoms with Crippen molar-refractivity contribution in [1.82, 2.24) is 0 Å². The monoisotopic (exact) mass is 534 g/mol. The molecule has 5 heteroatoms. The van der Waals surface area contributed by atoms with Gasteiger partial charge in [-0.15, -0.1) is 0 Å². The predicted molar refractivity (Wildman–Crippen MR) is 161 cm³/mol. The van der Waals surface area contributed by atoms with Crippen molar-refractivity contribution in [2.24, 2.45) is 5.73 Å². The van der Waals surface area contributed by atoms with E-state index in [0.717, 1.165) is 5.56 Å². The SMILES string of the molecule is CCCCCC[N+](CCCCCC)(CCCCCC)CCCCCC.NC(Cc1ccc(O)cc1)C(=O)[O-]. The van der Waals surface area contributed by atoms with Gasteiger partial charge in [0.2, 0.25) is 0 Å². The highest BCUT2D eigenvalue weighted by molar-refractivity contribution is 5.71. The van der Waals surface area contributed by atoms with Gasteiger partial charge < -0.3 is 25.2 Å². The standard InChI is InChI=1S/C24H52N.C9H11NO3/c1-5-9-13-17-21-25(22-18-14-10-6-2,23-19-15-11-7-3)24-20-16-12-8-4;10-8(9(12)13)5-6-1-3-7(11)4-2-6/h5-24H2,1-4H3;1-4,8,11H,5,10H2,(H,12,13)/q+1;/p-1. The van der Waals surface area contributed by atoms with Crippen molar-refractivity contribution in [2.45, 2.75) is 143 Å². The normalized spacial score (nSPS) is 12.1. The summed E-state index contributed by atoms with van der Waals surface area (Å²) in [4.78, 5) is 10.3. The van der Waals surface area contributed by atoms with Crippen LogP contribution in [0.25, 0.3) is 0 Å². The number of hydrogen-bond acceptors (Lipinski definition) is 4. The number of rotatable bonds is 23. The smallest absolute Gasteiger partial charge is 0.115 e. The molecule has 3 N–H and O–H groups in total. The molecule has 0 fully saturated rings. The molecular formula is C33H62N2O3. The van der Waals surface area contributed by atoms with E-state index in [9.17, 15) is 9.90 Å². The molecule has 38 heavy (non-hydrogen) atoms. The van der Waals surface area contributed by atoms with Crippen LogP contribution in [0.15, 0.2) is 24.3 Å². The van der Waals surface area contributed by atoms with E-state index in [4.69, 9.17) is 10.8 Å². The third-order valence-corrected chi connectivity index (χ3v) is 7.64. The second kappa shape index (κ2) is 24.5. The maximum Gasteiger partial charge on any atom is 0.115 e. The Labute approximate surface area is 235 Å². The molecule has 0 aliphatic rings. The Morgan fingerprint density at radius 3 is 1.32 bits per heavy atom. The minimum absolute atomic E-state index is 0.144. The Kier molecular flexibility index (Phi) is 23.4. The van der Waals surface area contributed by atoms with E-state index in [1.165, 1.54) is 146 Å². The summed E-state index contributed by atoms with van der Waals surface area (Å²) in [6.45, 7) is 15.2. The highest BCUT2D eigenvalue weighted by Gasteiger charge is 2.25. The summed E-state index contributed by atoms with van der Waals surface area (Å²) in [7, 11) is 0.